The Labute approximate surface area is 167 Å². The molecule has 4 rings (SSSR count). The highest BCUT2D eigenvalue weighted by Gasteiger charge is 2.24. The van der Waals surface area contributed by atoms with Crippen LogP contribution in [-0.4, -0.2) is 26.3 Å². The summed E-state index contributed by atoms with van der Waals surface area (Å²) < 4.78 is 16.2. The van der Waals surface area contributed by atoms with Crippen molar-refractivity contribution in [1.29, 1.82) is 0 Å². The Balaban J connectivity index is 1.34. The van der Waals surface area contributed by atoms with E-state index in [0.29, 0.717) is 23.2 Å². The quantitative estimate of drug-likeness (QED) is 0.671. The van der Waals surface area contributed by atoms with E-state index >= 15 is 0 Å². The summed E-state index contributed by atoms with van der Waals surface area (Å²) in [6, 6.07) is 6.37. The van der Waals surface area contributed by atoms with Crippen LogP contribution in [0.15, 0.2) is 36.8 Å². The summed E-state index contributed by atoms with van der Waals surface area (Å²) in [7, 11) is 1.85. The molecule has 1 fully saturated rings. The van der Waals surface area contributed by atoms with Crippen molar-refractivity contribution in [2.24, 2.45) is 13.0 Å². The number of halogens is 1. The average molecular weight is 395 g/mol. The molecule has 0 aliphatic heterocycles. The molecule has 1 aliphatic rings. The van der Waals surface area contributed by atoms with E-state index in [0.717, 1.165) is 24.8 Å². The number of benzene rings is 1. The highest BCUT2D eigenvalue weighted by atomic mass is 19.1. The van der Waals surface area contributed by atoms with Gasteiger partial charge in [0.15, 0.2) is 0 Å². The Bertz CT molecular complexity index is 1070. The summed E-state index contributed by atoms with van der Waals surface area (Å²) >= 11 is 0. The first-order valence-electron chi connectivity index (χ1n) is 9.61. The van der Waals surface area contributed by atoms with Crippen molar-refractivity contribution in [1.82, 2.24) is 25.2 Å². The lowest BCUT2D eigenvalue weighted by Gasteiger charge is -2.24. The van der Waals surface area contributed by atoms with Crippen molar-refractivity contribution in [2.75, 3.05) is 0 Å². The molecule has 2 N–H and O–H groups in total. The standard InChI is InChI=1S/C21H22FN5O2/c1-27-12-26-17-8-18(23-11-19(17)27)21(29)25-10-15-6-5-13(7-16(15)22)9-24-20(28)14-3-2-4-14/h5-8,11-12,14H,2-4,9-10H2,1H3,(H,24,28)(H,25,29). The van der Waals surface area contributed by atoms with Crippen LogP contribution in [0.25, 0.3) is 11.0 Å². The second-order valence-electron chi connectivity index (χ2n) is 7.37. The number of amides is 2. The molecule has 2 heterocycles. The number of aromatic nitrogens is 3. The molecule has 1 aromatic carbocycles. The largest absolute Gasteiger partial charge is 0.352 e. The topological polar surface area (TPSA) is 88.9 Å². The molecule has 2 aromatic heterocycles. The van der Waals surface area contributed by atoms with Crippen molar-refractivity contribution in [2.45, 2.75) is 32.4 Å². The van der Waals surface area contributed by atoms with Gasteiger partial charge in [-0.3, -0.25) is 9.59 Å². The first-order valence-corrected chi connectivity index (χ1v) is 9.61. The zero-order chi connectivity index (χ0) is 20.4. The fraction of sp³-hybridized carbons (Fsp3) is 0.333. The molecule has 0 spiro atoms. The fourth-order valence-electron chi connectivity index (χ4n) is 3.26. The number of carbonyl (C=O) groups is 2. The minimum Gasteiger partial charge on any atom is -0.352 e. The minimum absolute atomic E-state index is 0.0328. The van der Waals surface area contributed by atoms with E-state index in [9.17, 15) is 14.0 Å². The number of hydrogen-bond donors (Lipinski definition) is 2. The van der Waals surface area contributed by atoms with Gasteiger partial charge < -0.3 is 15.2 Å². The van der Waals surface area contributed by atoms with Crippen molar-refractivity contribution >= 4 is 22.8 Å². The smallest absolute Gasteiger partial charge is 0.270 e. The fourth-order valence-corrected chi connectivity index (χ4v) is 3.26. The van der Waals surface area contributed by atoms with Crippen molar-refractivity contribution in [3.05, 3.63) is 59.4 Å². The van der Waals surface area contributed by atoms with Gasteiger partial charge in [0, 0.05) is 31.6 Å². The summed E-state index contributed by atoms with van der Waals surface area (Å²) in [6.45, 7) is 0.341. The van der Waals surface area contributed by atoms with Crippen LogP contribution in [0.1, 0.15) is 40.9 Å². The van der Waals surface area contributed by atoms with E-state index in [-0.39, 0.29) is 24.1 Å². The molecule has 0 atom stereocenters. The highest BCUT2D eigenvalue weighted by molar-refractivity contribution is 5.95. The summed E-state index contributed by atoms with van der Waals surface area (Å²) in [5, 5.41) is 5.53. The van der Waals surface area contributed by atoms with Crippen LogP contribution in [0.4, 0.5) is 4.39 Å². The van der Waals surface area contributed by atoms with Gasteiger partial charge in [-0.05, 0) is 30.5 Å². The van der Waals surface area contributed by atoms with Crippen LogP contribution >= 0.6 is 0 Å². The summed E-state index contributed by atoms with van der Waals surface area (Å²) in [5.41, 5.74) is 2.78. The summed E-state index contributed by atoms with van der Waals surface area (Å²) in [6.07, 6.45) is 6.20. The summed E-state index contributed by atoms with van der Waals surface area (Å²) in [4.78, 5) is 32.6. The number of imidazole rings is 1. The lowest BCUT2D eigenvalue weighted by Crippen LogP contribution is -2.34. The van der Waals surface area contributed by atoms with E-state index in [2.05, 4.69) is 20.6 Å². The molecule has 0 bridgehead atoms. The van der Waals surface area contributed by atoms with Gasteiger partial charge in [0.1, 0.15) is 11.5 Å². The molecule has 3 aromatic rings. The van der Waals surface area contributed by atoms with Gasteiger partial charge in [0.2, 0.25) is 5.91 Å². The maximum absolute atomic E-state index is 14.4. The first kappa shape index (κ1) is 19.0. The number of carbonyl (C=O) groups excluding carboxylic acids is 2. The number of fused-ring (bicyclic) bond motifs is 1. The average Bonchev–Trinajstić information content (AvgIpc) is 3.04. The van der Waals surface area contributed by atoms with E-state index < -0.39 is 11.7 Å². The number of nitrogens with one attached hydrogen (secondary N) is 2. The van der Waals surface area contributed by atoms with Crippen LogP contribution in [0, 0.1) is 11.7 Å². The summed E-state index contributed by atoms with van der Waals surface area (Å²) in [5.74, 6) is -0.679. The van der Waals surface area contributed by atoms with Crippen LogP contribution < -0.4 is 10.6 Å². The van der Waals surface area contributed by atoms with Crippen molar-refractivity contribution in [3.63, 3.8) is 0 Å². The Hall–Kier alpha value is -3.29. The molecule has 1 saturated carbocycles. The highest BCUT2D eigenvalue weighted by Crippen LogP contribution is 2.26. The number of rotatable bonds is 6. The third kappa shape index (κ3) is 4.11. The van der Waals surface area contributed by atoms with Gasteiger partial charge in [-0.15, -0.1) is 0 Å². The number of pyridine rings is 1. The van der Waals surface area contributed by atoms with E-state index in [1.54, 1.807) is 30.7 Å². The lowest BCUT2D eigenvalue weighted by molar-refractivity contribution is -0.127. The molecular weight excluding hydrogens is 373 g/mol. The van der Waals surface area contributed by atoms with Gasteiger partial charge in [-0.2, -0.15) is 0 Å². The van der Waals surface area contributed by atoms with Gasteiger partial charge in [0.25, 0.3) is 5.91 Å². The zero-order valence-electron chi connectivity index (χ0n) is 16.1. The molecule has 0 saturated heterocycles. The molecule has 0 radical (unpaired) electrons. The van der Waals surface area contributed by atoms with Crippen LogP contribution in [0.3, 0.4) is 0 Å². The van der Waals surface area contributed by atoms with Gasteiger partial charge in [0.05, 0.1) is 23.6 Å². The molecule has 29 heavy (non-hydrogen) atoms. The molecule has 0 unspecified atom stereocenters. The van der Waals surface area contributed by atoms with Gasteiger partial charge in [-0.1, -0.05) is 18.6 Å². The molecule has 2 amide bonds. The van der Waals surface area contributed by atoms with E-state index in [1.807, 2.05) is 11.6 Å². The normalized spacial score (nSPS) is 13.9. The molecule has 150 valence electrons. The number of aryl methyl sites for hydroxylation is 1. The maximum atomic E-state index is 14.4. The predicted octanol–water partition coefficient (Wildman–Crippen LogP) is 2.45. The molecule has 1 aliphatic carbocycles. The molecular formula is C21H22FN5O2. The Kier molecular flexibility index (Phi) is 5.24. The second kappa shape index (κ2) is 7.98. The molecule has 7 nitrogen and oxygen atoms in total. The second-order valence-corrected chi connectivity index (χ2v) is 7.37. The third-order valence-electron chi connectivity index (χ3n) is 5.34. The monoisotopic (exact) mass is 395 g/mol. The van der Waals surface area contributed by atoms with Crippen LogP contribution in [0.2, 0.25) is 0 Å². The minimum atomic E-state index is -0.422. The maximum Gasteiger partial charge on any atom is 0.270 e. The first-order chi connectivity index (χ1) is 14.0. The Morgan fingerprint density at radius 1 is 1.17 bits per heavy atom. The van der Waals surface area contributed by atoms with Crippen molar-refractivity contribution < 1.29 is 14.0 Å². The zero-order valence-corrected chi connectivity index (χ0v) is 16.1. The lowest BCUT2D eigenvalue weighted by atomic mass is 9.85. The van der Waals surface area contributed by atoms with Crippen molar-refractivity contribution in [3.8, 4) is 0 Å². The Morgan fingerprint density at radius 2 is 2.00 bits per heavy atom. The van der Waals surface area contributed by atoms with Gasteiger partial charge >= 0.3 is 0 Å². The molecule has 8 heteroatoms. The predicted molar refractivity (Wildman–Crippen MR) is 105 cm³/mol. The van der Waals surface area contributed by atoms with Crippen LogP contribution in [-0.2, 0) is 24.9 Å². The third-order valence-corrected chi connectivity index (χ3v) is 5.34. The van der Waals surface area contributed by atoms with E-state index in [4.69, 9.17) is 0 Å². The number of hydrogen-bond acceptors (Lipinski definition) is 4. The van der Waals surface area contributed by atoms with Gasteiger partial charge in [-0.25, -0.2) is 14.4 Å². The number of nitrogens with zero attached hydrogens (tertiary/aromatic N) is 3. The van der Waals surface area contributed by atoms with Crippen LogP contribution in [0.5, 0.6) is 0 Å². The SMILES string of the molecule is Cn1cnc2cc(C(=O)NCc3ccc(CNC(=O)C4CCC4)cc3F)ncc21. The van der Waals surface area contributed by atoms with E-state index in [1.165, 1.54) is 6.07 Å². The Morgan fingerprint density at radius 3 is 2.72 bits per heavy atom.